The summed E-state index contributed by atoms with van der Waals surface area (Å²) in [5, 5.41) is 2.95. The zero-order valence-corrected chi connectivity index (χ0v) is 27.5. The summed E-state index contributed by atoms with van der Waals surface area (Å²) in [6.07, 6.45) is 6.10. The van der Waals surface area contributed by atoms with E-state index in [0.29, 0.717) is 69.1 Å². The number of halogens is 2. The van der Waals surface area contributed by atoms with Crippen LogP contribution in [0.5, 0.6) is 5.75 Å². The molecule has 0 radical (unpaired) electrons. The average molecular weight is 648 g/mol. The molecule has 13 heteroatoms. The third-order valence-corrected chi connectivity index (χ3v) is 12.4. The second-order valence-corrected chi connectivity index (χ2v) is 15.7. The van der Waals surface area contributed by atoms with Gasteiger partial charge in [0.05, 0.1) is 23.7 Å². The molecule has 4 aliphatic heterocycles. The molecular weight excluding hydrogens is 600 g/mol. The largest absolute Gasteiger partial charge is 0.486 e. The lowest BCUT2D eigenvalue weighted by Crippen LogP contribution is -2.49. The van der Waals surface area contributed by atoms with Crippen LogP contribution >= 0.6 is 0 Å². The number of likely N-dealkylation sites (tertiary alicyclic amines) is 2. The number of nitrogens with one attached hydrogen (secondary N) is 1. The van der Waals surface area contributed by atoms with Gasteiger partial charge in [-0.3, -0.25) is 0 Å². The van der Waals surface area contributed by atoms with Gasteiger partial charge in [0.2, 0.25) is 16.0 Å². The standard InChI is InChI=1S/C32H47F2N7O3S/c1-22(2)41-16-17-44-31-27(33)18-24(19-29(31)41)30-28(34)20-35-32(37-30)36-25-6-14-40(15-7-25)45(42,43)26-8-12-39(13-9-26)21-23-4-10-38(3)11-5-23/h18-20,22-23,25-26H,4-17,21H2,1-3H3,(H,35,36,37). The highest BCUT2D eigenvalue weighted by atomic mass is 32.2. The van der Waals surface area contributed by atoms with Crippen LogP contribution in [0.4, 0.5) is 20.4 Å². The summed E-state index contributed by atoms with van der Waals surface area (Å²) in [5.74, 6) is -0.0832. The van der Waals surface area contributed by atoms with Gasteiger partial charge >= 0.3 is 0 Å². The Morgan fingerprint density at radius 2 is 1.67 bits per heavy atom. The number of fused-ring (bicyclic) bond motifs is 1. The Balaban J connectivity index is 1.04. The highest BCUT2D eigenvalue weighted by Gasteiger charge is 2.37. The zero-order valence-electron chi connectivity index (χ0n) is 26.7. The molecule has 1 aromatic carbocycles. The fourth-order valence-corrected chi connectivity index (χ4v) is 9.21. The van der Waals surface area contributed by atoms with Crippen molar-refractivity contribution < 1.29 is 21.9 Å². The van der Waals surface area contributed by atoms with E-state index in [1.54, 1.807) is 10.4 Å². The van der Waals surface area contributed by atoms with Crippen molar-refractivity contribution in [3.05, 3.63) is 30.0 Å². The lowest BCUT2D eigenvalue weighted by Gasteiger charge is -2.39. The molecule has 0 bridgehead atoms. The van der Waals surface area contributed by atoms with Crippen LogP contribution in [0.3, 0.4) is 0 Å². The minimum absolute atomic E-state index is 0.00524. The van der Waals surface area contributed by atoms with E-state index in [1.807, 2.05) is 18.7 Å². The van der Waals surface area contributed by atoms with Gasteiger partial charge in [0.25, 0.3) is 0 Å². The Labute approximate surface area is 266 Å². The van der Waals surface area contributed by atoms with E-state index in [1.165, 1.54) is 18.9 Å². The highest BCUT2D eigenvalue weighted by Crippen LogP contribution is 2.39. The van der Waals surface area contributed by atoms with E-state index in [-0.39, 0.29) is 34.7 Å². The molecule has 3 fully saturated rings. The van der Waals surface area contributed by atoms with Crippen molar-refractivity contribution in [2.45, 2.75) is 69.7 Å². The van der Waals surface area contributed by atoms with Crippen molar-refractivity contribution in [1.82, 2.24) is 24.1 Å². The number of ether oxygens (including phenoxy) is 1. The Bertz CT molecular complexity index is 1440. The number of hydrogen-bond acceptors (Lipinski definition) is 9. The topological polar surface area (TPSA) is 94.1 Å². The first kappa shape index (κ1) is 32.3. The summed E-state index contributed by atoms with van der Waals surface area (Å²) >= 11 is 0. The maximum absolute atomic E-state index is 15.1. The molecule has 0 unspecified atom stereocenters. The number of rotatable bonds is 8. The Morgan fingerprint density at radius 1 is 0.956 bits per heavy atom. The van der Waals surface area contributed by atoms with Gasteiger partial charge < -0.3 is 24.8 Å². The quantitative estimate of drug-likeness (QED) is 0.456. The zero-order chi connectivity index (χ0) is 31.7. The van der Waals surface area contributed by atoms with Crippen LogP contribution in [-0.4, -0.2) is 116 Å². The fourth-order valence-electron chi connectivity index (χ4n) is 7.26. The van der Waals surface area contributed by atoms with Gasteiger partial charge in [0.1, 0.15) is 12.3 Å². The van der Waals surface area contributed by atoms with Crippen LogP contribution < -0.4 is 15.0 Å². The van der Waals surface area contributed by atoms with Crippen molar-refractivity contribution in [2.24, 2.45) is 5.92 Å². The molecule has 1 N–H and O–H groups in total. The van der Waals surface area contributed by atoms with Crippen LogP contribution in [0.25, 0.3) is 11.3 Å². The Morgan fingerprint density at radius 3 is 2.36 bits per heavy atom. The molecule has 0 saturated carbocycles. The minimum Gasteiger partial charge on any atom is -0.486 e. The molecule has 0 amide bonds. The smallest absolute Gasteiger partial charge is 0.223 e. The van der Waals surface area contributed by atoms with E-state index in [9.17, 15) is 12.8 Å². The second-order valence-electron chi connectivity index (χ2n) is 13.4. The van der Waals surface area contributed by atoms with Crippen molar-refractivity contribution >= 4 is 21.7 Å². The third-order valence-electron chi connectivity index (χ3n) is 10.0. The average Bonchev–Trinajstić information content (AvgIpc) is 3.03. The molecule has 6 rings (SSSR count). The number of nitrogens with zero attached hydrogens (tertiary/aromatic N) is 6. The van der Waals surface area contributed by atoms with Crippen molar-refractivity contribution in [3.8, 4) is 17.0 Å². The summed E-state index contributed by atoms with van der Waals surface area (Å²) in [7, 11) is -1.20. The first-order chi connectivity index (χ1) is 21.6. The molecule has 4 aliphatic rings. The summed E-state index contributed by atoms with van der Waals surface area (Å²) < 4.78 is 64.4. The predicted molar refractivity (Wildman–Crippen MR) is 172 cm³/mol. The molecule has 0 atom stereocenters. The monoisotopic (exact) mass is 647 g/mol. The van der Waals surface area contributed by atoms with Gasteiger partial charge in [-0.05, 0) is 104 Å². The summed E-state index contributed by atoms with van der Waals surface area (Å²) in [6.45, 7) is 10.9. The SMILES string of the molecule is CC(C)N1CCOc2c(F)cc(-c3nc(NC4CCN(S(=O)(=O)C5CCN(CC6CCN(C)CC6)CC5)CC4)ncc3F)cc21. The Kier molecular flexibility index (Phi) is 9.79. The summed E-state index contributed by atoms with van der Waals surface area (Å²) in [5.41, 5.74) is 0.893. The van der Waals surface area contributed by atoms with Crippen LogP contribution in [-0.2, 0) is 10.0 Å². The normalized spacial score (nSPS) is 22.0. The highest BCUT2D eigenvalue weighted by molar-refractivity contribution is 7.89. The molecular formula is C32H47F2N7O3S. The van der Waals surface area contributed by atoms with E-state index in [0.717, 1.165) is 38.9 Å². The summed E-state index contributed by atoms with van der Waals surface area (Å²) in [6, 6.07) is 3.03. The number of anilines is 2. The number of aromatic nitrogens is 2. The molecule has 45 heavy (non-hydrogen) atoms. The lowest BCUT2D eigenvalue weighted by atomic mass is 9.95. The summed E-state index contributed by atoms with van der Waals surface area (Å²) in [4.78, 5) is 15.4. The van der Waals surface area contributed by atoms with E-state index < -0.39 is 21.7 Å². The van der Waals surface area contributed by atoms with Crippen LogP contribution in [0, 0.1) is 17.6 Å². The molecule has 5 heterocycles. The van der Waals surface area contributed by atoms with Gasteiger partial charge in [-0.15, -0.1) is 0 Å². The molecule has 0 aliphatic carbocycles. The predicted octanol–water partition coefficient (Wildman–Crippen LogP) is 4.04. The molecule has 248 valence electrons. The Hall–Kier alpha value is -2.61. The number of sulfonamides is 1. The van der Waals surface area contributed by atoms with Gasteiger partial charge in [-0.1, -0.05) is 0 Å². The van der Waals surface area contributed by atoms with Gasteiger partial charge in [-0.25, -0.2) is 31.5 Å². The van der Waals surface area contributed by atoms with E-state index in [2.05, 4.69) is 32.1 Å². The first-order valence-corrected chi connectivity index (χ1v) is 18.0. The molecule has 2 aromatic rings. The van der Waals surface area contributed by atoms with Crippen LogP contribution in [0.1, 0.15) is 52.4 Å². The maximum Gasteiger partial charge on any atom is 0.223 e. The van der Waals surface area contributed by atoms with Crippen molar-refractivity contribution in [3.63, 3.8) is 0 Å². The molecule has 1 aromatic heterocycles. The first-order valence-electron chi connectivity index (χ1n) is 16.5. The minimum atomic E-state index is -3.37. The van der Waals surface area contributed by atoms with Crippen LogP contribution in [0.15, 0.2) is 18.3 Å². The second kappa shape index (κ2) is 13.6. The van der Waals surface area contributed by atoms with Crippen molar-refractivity contribution in [2.75, 3.05) is 76.2 Å². The number of piperidine rings is 3. The number of benzene rings is 1. The molecule has 10 nitrogen and oxygen atoms in total. The molecule has 0 spiro atoms. The maximum atomic E-state index is 15.1. The van der Waals surface area contributed by atoms with E-state index >= 15 is 4.39 Å². The van der Waals surface area contributed by atoms with E-state index in [4.69, 9.17) is 4.74 Å². The van der Waals surface area contributed by atoms with Gasteiger partial charge in [0, 0.05) is 37.3 Å². The van der Waals surface area contributed by atoms with Gasteiger partial charge in [-0.2, -0.15) is 0 Å². The lowest BCUT2D eigenvalue weighted by molar-refractivity contribution is 0.145. The molecule has 3 saturated heterocycles. The van der Waals surface area contributed by atoms with Crippen LogP contribution in [0.2, 0.25) is 0 Å². The van der Waals surface area contributed by atoms with Crippen molar-refractivity contribution in [1.29, 1.82) is 0 Å². The third kappa shape index (κ3) is 7.21. The van der Waals surface area contributed by atoms with Gasteiger partial charge in [0.15, 0.2) is 17.4 Å². The fraction of sp³-hybridized carbons (Fsp3) is 0.688. The number of hydrogen-bond donors (Lipinski definition) is 1.